The van der Waals surface area contributed by atoms with E-state index < -0.39 is 0 Å². The van der Waals surface area contributed by atoms with Crippen LogP contribution in [0.15, 0.2) is 48.8 Å². The zero-order valence-electron chi connectivity index (χ0n) is 18.5. The fraction of sp³-hybridized carbons (Fsp3) is 0.538. The Morgan fingerprint density at radius 2 is 1.65 bits per heavy atom. The molecule has 1 saturated heterocycles. The fourth-order valence-corrected chi connectivity index (χ4v) is 5.66. The fourth-order valence-electron chi connectivity index (χ4n) is 5.66. The molecule has 0 radical (unpaired) electrons. The van der Waals surface area contributed by atoms with Crippen LogP contribution in [0.4, 0.5) is 11.4 Å². The standard InChI is InChI=1S/C26H34N4O/c31-26(22-7-2-1-3-8-22)30-24(11-10-21-6-4-5-9-25(21)30)20-28-16-18-29(19-17-28)23-12-14-27-15-13-23/h4-6,9,12-15,22,24H,1-3,7-8,10-11,16-20H2. The molecule has 1 amide bonds. The highest BCUT2D eigenvalue weighted by molar-refractivity contribution is 5.97. The van der Waals surface area contributed by atoms with Gasteiger partial charge in [0.15, 0.2) is 0 Å². The molecule has 0 bridgehead atoms. The van der Waals surface area contributed by atoms with Crippen LogP contribution in [-0.2, 0) is 11.2 Å². The summed E-state index contributed by atoms with van der Waals surface area (Å²) in [6.45, 7) is 5.14. The number of hydrogen-bond donors (Lipinski definition) is 0. The first-order valence-electron chi connectivity index (χ1n) is 12.1. The molecule has 31 heavy (non-hydrogen) atoms. The van der Waals surface area contributed by atoms with Gasteiger partial charge in [-0.3, -0.25) is 14.7 Å². The van der Waals surface area contributed by atoms with Gasteiger partial charge in [0.25, 0.3) is 0 Å². The number of piperazine rings is 1. The molecule has 1 aliphatic carbocycles. The van der Waals surface area contributed by atoms with E-state index in [1.54, 1.807) is 0 Å². The van der Waals surface area contributed by atoms with Crippen molar-refractivity contribution >= 4 is 17.3 Å². The van der Waals surface area contributed by atoms with Crippen LogP contribution in [0, 0.1) is 5.92 Å². The van der Waals surface area contributed by atoms with Crippen LogP contribution >= 0.6 is 0 Å². The maximum atomic E-state index is 13.7. The number of anilines is 2. The van der Waals surface area contributed by atoms with Crippen LogP contribution in [0.3, 0.4) is 0 Å². The molecule has 5 rings (SSSR count). The van der Waals surface area contributed by atoms with Crippen LogP contribution in [0.25, 0.3) is 0 Å². The molecular formula is C26H34N4O. The first-order valence-corrected chi connectivity index (χ1v) is 12.1. The second-order valence-corrected chi connectivity index (χ2v) is 9.36. The number of carbonyl (C=O) groups is 1. The summed E-state index contributed by atoms with van der Waals surface area (Å²) in [5, 5.41) is 0. The van der Waals surface area contributed by atoms with Gasteiger partial charge >= 0.3 is 0 Å². The third-order valence-electron chi connectivity index (χ3n) is 7.42. The number of para-hydroxylation sites is 1. The van der Waals surface area contributed by atoms with Crippen LogP contribution in [0.2, 0.25) is 0 Å². The van der Waals surface area contributed by atoms with Crippen molar-refractivity contribution in [1.82, 2.24) is 9.88 Å². The second kappa shape index (κ2) is 9.39. The van der Waals surface area contributed by atoms with E-state index in [0.29, 0.717) is 5.91 Å². The molecule has 1 aromatic carbocycles. The molecule has 1 atom stereocenters. The number of pyridine rings is 1. The van der Waals surface area contributed by atoms with Crippen LogP contribution < -0.4 is 9.80 Å². The highest BCUT2D eigenvalue weighted by Crippen LogP contribution is 2.35. The van der Waals surface area contributed by atoms with Crippen molar-refractivity contribution in [1.29, 1.82) is 0 Å². The molecule has 2 aliphatic heterocycles. The van der Waals surface area contributed by atoms with E-state index >= 15 is 0 Å². The van der Waals surface area contributed by atoms with E-state index in [1.807, 2.05) is 12.4 Å². The van der Waals surface area contributed by atoms with Gasteiger partial charge in [0.05, 0.1) is 0 Å². The minimum Gasteiger partial charge on any atom is -0.369 e. The Kier molecular flexibility index (Phi) is 6.21. The minimum absolute atomic E-state index is 0.214. The molecule has 0 N–H and O–H groups in total. The minimum atomic E-state index is 0.214. The first kappa shape index (κ1) is 20.5. The summed E-state index contributed by atoms with van der Waals surface area (Å²) in [5.41, 5.74) is 3.77. The molecule has 0 spiro atoms. The number of amides is 1. The Balaban J connectivity index is 1.29. The second-order valence-electron chi connectivity index (χ2n) is 9.36. The maximum absolute atomic E-state index is 13.7. The molecule has 164 valence electrons. The summed E-state index contributed by atoms with van der Waals surface area (Å²) in [7, 11) is 0. The summed E-state index contributed by atoms with van der Waals surface area (Å²) in [6.07, 6.45) is 11.7. The molecular weight excluding hydrogens is 384 g/mol. The average Bonchev–Trinajstić information content (AvgIpc) is 2.85. The maximum Gasteiger partial charge on any atom is 0.230 e. The first-order chi connectivity index (χ1) is 15.3. The van der Waals surface area contributed by atoms with Crippen molar-refractivity contribution in [3.05, 3.63) is 54.4 Å². The van der Waals surface area contributed by atoms with Gasteiger partial charge in [-0.15, -0.1) is 0 Å². The van der Waals surface area contributed by atoms with Gasteiger partial charge in [0.2, 0.25) is 5.91 Å². The van der Waals surface area contributed by atoms with Crippen LogP contribution in [0.1, 0.15) is 44.1 Å². The van der Waals surface area contributed by atoms with E-state index in [2.05, 4.69) is 56.1 Å². The lowest BCUT2D eigenvalue weighted by atomic mass is 9.86. The molecule has 1 aromatic heterocycles. The molecule has 2 aromatic rings. The Hall–Kier alpha value is -2.40. The van der Waals surface area contributed by atoms with Crippen molar-refractivity contribution in [2.24, 2.45) is 5.92 Å². The molecule has 3 aliphatic rings. The van der Waals surface area contributed by atoms with E-state index in [-0.39, 0.29) is 12.0 Å². The number of benzene rings is 1. The monoisotopic (exact) mass is 418 g/mol. The Bertz CT molecular complexity index is 872. The zero-order chi connectivity index (χ0) is 21.0. The van der Waals surface area contributed by atoms with Crippen molar-refractivity contribution in [3.63, 3.8) is 0 Å². The quantitative estimate of drug-likeness (QED) is 0.748. The third kappa shape index (κ3) is 4.47. The van der Waals surface area contributed by atoms with Gasteiger partial charge in [-0.1, -0.05) is 37.5 Å². The normalized spacial score (nSPS) is 22.9. The van der Waals surface area contributed by atoms with E-state index in [4.69, 9.17) is 0 Å². The number of aromatic nitrogens is 1. The number of carbonyl (C=O) groups excluding carboxylic acids is 1. The lowest BCUT2D eigenvalue weighted by molar-refractivity contribution is -0.124. The smallest absolute Gasteiger partial charge is 0.230 e. The highest BCUT2D eigenvalue weighted by Gasteiger charge is 2.36. The van der Waals surface area contributed by atoms with E-state index in [0.717, 1.165) is 58.4 Å². The lowest BCUT2D eigenvalue weighted by Crippen LogP contribution is -2.55. The molecule has 1 saturated carbocycles. The SMILES string of the molecule is O=C(C1CCCCC1)N1c2ccccc2CCC1CN1CCN(c2ccncc2)CC1. The van der Waals surface area contributed by atoms with Crippen molar-refractivity contribution in [2.75, 3.05) is 42.5 Å². The van der Waals surface area contributed by atoms with Crippen LogP contribution in [0.5, 0.6) is 0 Å². The number of hydrogen-bond acceptors (Lipinski definition) is 4. The van der Waals surface area contributed by atoms with Gasteiger partial charge in [-0.2, -0.15) is 0 Å². The summed E-state index contributed by atoms with van der Waals surface area (Å²) < 4.78 is 0. The van der Waals surface area contributed by atoms with Crippen molar-refractivity contribution < 1.29 is 4.79 Å². The predicted octanol–water partition coefficient (Wildman–Crippen LogP) is 4.13. The topological polar surface area (TPSA) is 39.7 Å². The van der Waals surface area contributed by atoms with Gasteiger partial charge < -0.3 is 9.80 Å². The average molecular weight is 419 g/mol. The third-order valence-corrected chi connectivity index (χ3v) is 7.42. The lowest BCUT2D eigenvalue weighted by Gasteiger charge is -2.43. The summed E-state index contributed by atoms with van der Waals surface area (Å²) >= 11 is 0. The van der Waals surface area contributed by atoms with Gasteiger partial charge in [0.1, 0.15) is 0 Å². The van der Waals surface area contributed by atoms with Gasteiger partial charge in [-0.25, -0.2) is 0 Å². The molecule has 5 nitrogen and oxygen atoms in total. The van der Waals surface area contributed by atoms with Crippen molar-refractivity contribution in [2.45, 2.75) is 51.0 Å². The van der Waals surface area contributed by atoms with Gasteiger partial charge in [-0.05, 0) is 49.4 Å². The number of nitrogens with zero attached hydrogens (tertiary/aromatic N) is 4. The van der Waals surface area contributed by atoms with Gasteiger partial charge in [0, 0.05) is 68.5 Å². The van der Waals surface area contributed by atoms with E-state index in [1.165, 1.54) is 36.2 Å². The number of rotatable bonds is 4. The molecule has 5 heteroatoms. The largest absolute Gasteiger partial charge is 0.369 e. The number of aryl methyl sites for hydroxylation is 1. The summed E-state index contributed by atoms with van der Waals surface area (Å²) in [5.74, 6) is 0.596. The Morgan fingerprint density at radius 3 is 2.42 bits per heavy atom. The molecule has 1 unspecified atom stereocenters. The predicted molar refractivity (Wildman–Crippen MR) is 126 cm³/mol. The number of fused-ring (bicyclic) bond motifs is 1. The zero-order valence-corrected chi connectivity index (χ0v) is 18.5. The molecule has 3 heterocycles. The van der Waals surface area contributed by atoms with Crippen molar-refractivity contribution in [3.8, 4) is 0 Å². The summed E-state index contributed by atoms with van der Waals surface area (Å²) in [4.78, 5) is 25.1. The summed E-state index contributed by atoms with van der Waals surface area (Å²) in [6, 6.07) is 13.1. The Morgan fingerprint density at radius 1 is 0.903 bits per heavy atom. The Labute approximate surface area is 186 Å². The van der Waals surface area contributed by atoms with E-state index in [9.17, 15) is 4.79 Å². The molecule has 2 fully saturated rings. The highest BCUT2D eigenvalue weighted by atomic mass is 16.2. The van der Waals surface area contributed by atoms with Crippen LogP contribution in [-0.4, -0.2) is 54.6 Å².